The van der Waals surface area contributed by atoms with Gasteiger partial charge in [0.1, 0.15) is 0 Å². The summed E-state index contributed by atoms with van der Waals surface area (Å²) >= 11 is 6.65. The highest BCUT2D eigenvalue weighted by Crippen LogP contribution is 2.26. The molecule has 0 spiro atoms. The normalized spacial score (nSPS) is 12.0. The number of halogens is 2. The number of aryl methyl sites for hydroxylation is 1. The Morgan fingerprint density at radius 1 is 1.10 bits per heavy atom. The summed E-state index contributed by atoms with van der Waals surface area (Å²) in [6, 6.07) is 8.41. The summed E-state index contributed by atoms with van der Waals surface area (Å²) in [7, 11) is -3.66. The number of rotatable bonds is 2. The molecule has 2 aromatic heterocycles. The average molecular weight is 430 g/mol. The second-order valence-electron chi connectivity index (χ2n) is 4.59. The lowest BCUT2D eigenvalue weighted by Crippen LogP contribution is -2.12. The monoisotopic (exact) mass is 428 g/mol. The van der Waals surface area contributed by atoms with Crippen LogP contribution in [0.1, 0.15) is 5.56 Å². The lowest BCUT2D eigenvalue weighted by molar-refractivity contribution is 0.588. The van der Waals surface area contributed by atoms with Crippen molar-refractivity contribution in [2.75, 3.05) is 0 Å². The number of fused-ring (bicyclic) bond motifs is 1. The second kappa shape index (κ2) is 5.23. The first kappa shape index (κ1) is 14.7. The number of aromatic nitrogens is 2. The molecule has 21 heavy (non-hydrogen) atoms. The van der Waals surface area contributed by atoms with Crippen molar-refractivity contribution in [2.45, 2.75) is 11.8 Å². The molecular formula is C14H10Br2N2O2S. The minimum atomic E-state index is -3.66. The Morgan fingerprint density at radius 3 is 2.43 bits per heavy atom. The van der Waals surface area contributed by atoms with Crippen molar-refractivity contribution in [3.63, 3.8) is 0 Å². The minimum absolute atomic E-state index is 0.229. The smallest absolute Gasteiger partial charge is 0.236 e. The third kappa shape index (κ3) is 2.54. The number of hydrogen-bond acceptors (Lipinski definition) is 3. The van der Waals surface area contributed by atoms with Crippen LogP contribution in [0, 0.1) is 6.92 Å². The number of nitrogens with zero attached hydrogens (tertiary/aromatic N) is 2. The molecule has 0 unspecified atom stereocenters. The molecule has 7 heteroatoms. The van der Waals surface area contributed by atoms with Crippen molar-refractivity contribution in [3.8, 4) is 0 Å². The molecule has 0 saturated carbocycles. The van der Waals surface area contributed by atoms with E-state index in [1.807, 2.05) is 13.0 Å². The van der Waals surface area contributed by atoms with Crippen LogP contribution in [0.5, 0.6) is 0 Å². The minimum Gasteiger partial charge on any atom is -0.236 e. The van der Waals surface area contributed by atoms with Crippen LogP contribution < -0.4 is 0 Å². The fraction of sp³-hybridized carbons (Fsp3) is 0.0714. The largest absolute Gasteiger partial charge is 0.269 e. The predicted molar refractivity (Wildman–Crippen MR) is 88.9 cm³/mol. The number of hydrogen-bond donors (Lipinski definition) is 0. The van der Waals surface area contributed by atoms with E-state index in [-0.39, 0.29) is 4.90 Å². The van der Waals surface area contributed by atoms with Crippen LogP contribution in [0.3, 0.4) is 0 Å². The molecule has 0 radical (unpaired) electrons. The fourth-order valence-electron chi connectivity index (χ4n) is 2.11. The van der Waals surface area contributed by atoms with E-state index in [1.165, 1.54) is 3.97 Å². The fourth-order valence-corrected chi connectivity index (χ4v) is 4.08. The van der Waals surface area contributed by atoms with Gasteiger partial charge in [-0.15, -0.1) is 0 Å². The first-order valence-corrected chi connectivity index (χ1v) is 9.06. The van der Waals surface area contributed by atoms with Crippen molar-refractivity contribution in [1.29, 1.82) is 0 Å². The third-order valence-corrected chi connectivity index (χ3v) is 5.77. The van der Waals surface area contributed by atoms with Gasteiger partial charge in [-0.2, -0.15) is 0 Å². The Hall–Kier alpha value is -1.18. The number of pyridine rings is 1. The summed E-state index contributed by atoms with van der Waals surface area (Å²) in [6.07, 6.45) is 3.19. The first-order chi connectivity index (χ1) is 9.89. The van der Waals surface area contributed by atoms with E-state index in [0.29, 0.717) is 5.65 Å². The van der Waals surface area contributed by atoms with Gasteiger partial charge in [-0.25, -0.2) is 17.4 Å². The van der Waals surface area contributed by atoms with Gasteiger partial charge in [-0.1, -0.05) is 15.9 Å². The molecule has 0 amide bonds. The maximum absolute atomic E-state index is 12.8. The summed E-state index contributed by atoms with van der Waals surface area (Å²) in [5.41, 5.74) is 1.29. The van der Waals surface area contributed by atoms with E-state index < -0.39 is 10.0 Å². The van der Waals surface area contributed by atoms with Crippen molar-refractivity contribution in [3.05, 3.63) is 57.2 Å². The Morgan fingerprint density at radius 2 is 1.76 bits per heavy atom. The van der Waals surface area contributed by atoms with Gasteiger partial charge in [0.25, 0.3) is 10.0 Å². The van der Waals surface area contributed by atoms with Crippen LogP contribution >= 0.6 is 31.9 Å². The van der Waals surface area contributed by atoms with Crippen LogP contribution in [0.15, 0.2) is 56.6 Å². The predicted octanol–water partition coefficient (Wildman–Crippen LogP) is 4.11. The Labute approximate surface area is 139 Å². The van der Waals surface area contributed by atoms with Gasteiger partial charge in [0.15, 0.2) is 5.65 Å². The highest BCUT2D eigenvalue weighted by atomic mass is 79.9. The molecule has 2 heterocycles. The Kier molecular flexibility index (Phi) is 3.67. The Balaban J connectivity index is 2.26. The molecule has 4 nitrogen and oxygen atoms in total. The highest BCUT2D eigenvalue weighted by Gasteiger charge is 2.21. The first-order valence-electron chi connectivity index (χ1n) is 6.04. The zero-order valence-electron chi connectivity index (χ0n) is 10.9. The zero-order chi connectivity index (χ0) is 15.2. The molecule has 0 aliphatic carbocycles. The second-order valence-corrected chi connectivity index (χ2v) is 8.24. The molecule has 3 aromatic rings. The maximum Gasteiger partial charge on any atom is 0.269 e. The van der Waals surface area contributed by atoms with Gasteiger partial charge in [0, 0.05) is 26.7 Å². The number of benzene rings is 1. The van der Waals surface area contributed by atoms with E-state index in [1.54, 1.807) is 36.7 Å². The average Bonchev–Trinajstić information content (AvgIpc) is 2.77. The van der Waals surface area contributed by atoms with E-state index in [2.05, 4.69) is 36.8 Å². The molecular weight excluding hydrogens is 420 g/mol. The summed E-state index contributed by atoms with van der Waals surface area (Å²) in [5, 5.41) is 0.810. The lowest BCUT2D eigenvalue weighted by Gasteiger charge is -2.07. The third-order valence-electron chi connectivity index (χ3n) is 3.15. The van der Waals surface area contributed by atoms with Gasteiger partial charge in [-0.05, 0) is 58.7 Å². The van der Waals surface area contributed by atoms with E-state index in [0.717, 1.165) is 19.9 Å². The lowest BCUT2D eigenvalue weighted by atomic mass is 10.2. The quantitative estimate of drug-likeness (QED) is 0.615. The summed E-state index contributed by atoms with van der Waals surface area (Å²) in [6.45, 7) is 1.87. The molecule has 0 saturated heterocycles. The van der Waals surface area contributed by atoms with Crippen molar-refractivity contribution >= 4 is 52.9 Å². The van der Waals surface area contributed by atoms with Crippen LogP contribution in [0.4, 0.5) is 0 Å². The van der Waals surface area contributed by atoms with Crippen LogP contribution in [0.25, 0.3) is 11.0 Å². The molecule has 108 valence electrons. The van der Waals surface area contributed by atoms with Crippen molar-refractivity contribution in [2.24, 2.45) is 0 Å². The standard InChI is InChI=1S/C14H10Br2N2O2S/c1-9-8-18(14-13(9)6-11(16)7-17-14)21(19,20)12-4-2-10(15)3-5-12/h2-8H,1H3. The van der Waals surface area contributed by atoms with Crippen LogP contribution in [-0.4, -0.2) is 17.4 Å². The summed E-state index contributed by atoms with van der Waals surface area (Å²) in [4.78, 5) is 4.47. The van der Waals surface area contributed by atoms with Gasteiger partial charge < -0.3 is 0 Å². The SMILES string of the molecule is Cc1cn(S(=O)(=O)c2ccc(Br)cc2)c2ncc(Br)cc12. The molecule has 3 rings (SSSR count). The van der Waals surface area contributed by atoms with Gasteiger partial charge in [0.05, 0.1) is 4.90 Å². The molecule has 0 aliphatic heterocycles. The Bertz CT molecular complexity index is 932. The van der Waals surface area contributed by atoms with Crippen LogP contribution in [0.2, 0.25) is 0 Å². The van der Waals surface area contributed by atoms with E-state index in [4.69, 9.17) is 0 Å². The highest BCUT2D eigenvalue weighted by molar-refractivity contribution is 9.10. The maximum atomic E-state index is 12.8. The molecule has 0 bridgehead atoms. The van der Waals surface area contributed by atoms with Gasteiger partial charge in [0.2, 0.25) is 0 Å². The summed E-state index contributed by atoms with van der Waals surface area (Å²) in [5.74, 6) is 0. The van der Waals surface area contributed by atoms with Gasteiger partial charge in [-0.3, -0.25) is 0 Å². The van der Waals surface area contributed by atoms with E-state index in [9.17, 15) is 8.42 Å². The van der Waals surface area contributed by atoms with E-state index >= 15 is 0 Å². The molecule has 0 atom stereocenters. The molecule has 0 aliphatic rings. The zero-order valence-corrected chi connectivity index (χ0v) is 14.9. The van der Waals surface area contributed by atoms with Crippen LogP contribution in [-0.2, 0) is 10.0 Å². The summed E-state index contributed by atoms with van der Waals surface area (Å²) < 4.78 is 28.4. The molecule has 0 fully saturated rings. The van der Waals surface area contributed by atoms with Crippen molar-refractivity contribution in [1.82, 2.24) is 8.96 Å². The molecule has 0 N–H and O–H groups in total. The molecule has 1 aromatic carbocycles. The topological polar surface area (TPSA) is 52.0 Å². The van der Waals surface area contributed by atoms with Gasteiger partial charge >= 0.3 is 0 Å². The van der Waals surface area contributed by atoms with Crippen molar-refractivity contribution < 1.29 is 8.42 Å².